The second-order valence-corrected chi connectivity index (χ2v) is 7.74. The summed E-state index contributed by atoms with van der Waals surface area (Å²) in [6.07, 6.45) is 0. The monoisotopic (exact) mass is 380 g/mol. The second-order valence-electron chi connectivity index (χ2n) is 6.51. The molecule has 0 spiro atoms. The summed E-state index contributed by atoms with van der Waals surface area (Å²) >= 11 is 2.00. The molecule has 1 amide bonds. The lowest BCUT2D eigenvalue weighted by molar-refractivity contribution is 0.0997. The zero-order valence-electron chi connectivity index (χ0n) is 14.8. The van der Waals surface area contributed by atoms with Crippen molar-refractivity contribution in [2.75, 3.05) is 29.9 Å². The second kappa shape index (κ2) is 7.98. The van der Waals surface area contributed by atoms with E-state index in [1.807, 2.05) is 36.0 Å². The van der Waals surface area contributed by atoms with Crippen molar-refractivity contribution in [2.45, 2.75) is 6.54 Å². The number of carbonyl (C=O) groups excluding carboxylic acids is 1. The van der Waals surface area contributed by atoms with Gasteiger partial charge in [0.1, 0.15) is 5.58 Å². The molecular formula is C21H20N2O3S. The molecule has 138 valence electrons. The molecule has 0 unspecified atom stereocenters. The number of rotatable bonds is 4. The molecular weight excluding hydrogens is 360 g/mol. The van der Waals surface area contributed by atoms with Gasteiger partial charge in [0.2, 0.25) is 0 Å². The molecule has 6 heteroatoms. The van der Waals surface area contributed by atoms with Crippen LogP contribution in [0.25, 0.3) is 11.0 Å². The predicted octanol–water partition coefficient (Wildman–Crippen LogP) is 3.59. The van der Waals surface area contributed by atoms with Crippen molar-refractivity contribution in [3.05, 3.63) is 76.1 Å². The number of carbonyl (C=O) groups is 1. The molecule has 0 saturated carbocycles. The van der Waals surface area contributed by atoms with Crippen LogP contribution >= 0.6 is 11.8 Å². The molecule has 0 bridgehead atoms. The molecule has 2 heterocycles. The largest absolute Gasteiger partial charge is 0.451 e. The van der Waals surface area contributed by atoms with E-state index in [0.29, 0.717) is 16.7 Å². The van der Waals surface area contributed by atoms with Crippen LogP contribution in [0.15, 0.2) is 63.8 Å². The van der Waals surface area contributed by atoms with Gasteiger partial charge in [-0.15, -0.1) is 0 Å². The highest BCUT2D eigenvalue weighted by molar-refractivity contribution is 7.99. The van der Waals surface area contributed by atoms with Crippen molar-refractivity contribution >= 4 is 34.3 Å². The number of benzene rings is 2. The van der Waals surface area contributed by atoms with E-state index in [2.05, 4.69) is 10.2 Å². The Labute approximate surface area is 161 Å². The maximum Gasteiger partial charge on any atom is 0.291 e. The fraction of sp³-hybridized carbons (Fsp3) is 0.238. The highest BCUT2D eigenvalue weighted by atomic mass is 32.2. The summed E-state index contributed by atoms with van der Waals surface area (Å²) in [5.74, 6) is 1.95. The molecule has 1 saturated heterocycles. The van der Waals surface area contributed by atoms with Crippen LogP contribution in [0, 0.1) is 0 Å². The Morgan fingerprint density at radius 1 is 1.07 bits per heavy atom. The van der Waals surface area contributed by atoms with Crippen LogP contribution < -0.4 is 10.7 Å². The smallest absolute Gasteiger partial charge is 0.291 e. The number of nitrogens with one attached hydrogen (secondary N) is 1. The van der Waals surface area contributed by atoms with Gasteiger partial charge in [-0.2, -0.15) is 11.8 Å². The number of hydrogen-bond donors (Lipinski definition) is 1. The Balaban J connectivity index is 1.45. The van der Waals surface area contributed by atoms with Crippen molar-refractivity contribution < 1.29 is 9.21 Å². The molecule has 5 nitrogen and oxygen atoms in total. The van der Waals surface area contributed by atoms with Crippen LogP contribution in [0.1, 0.15) is 16.1 Å². The van der Waals surface area contributed by atoms with Gasteiger partial charge < -0.3 is 9.73 Å². The predicted molar refractivity (Wildman–Crippen MR) is 109 cm³/mol. The van der Waals surface area contributed by atoms with Crippen LogP contribution in [0.2, 0.25) is 0 Å². The quantitative estimate of drug-likeness (QED) is 0.749. The van der Waals surface area contributed by atoms with E-state index in [1.54, 1.807) is 24.3 Å². The standard InChI is InChI=1S/C21H20N2O3S/c24-18-13-20(26-19-4-2-1-3-17(18)19)21(25)22-16-7-5-15(6-8-16)14-23-9-11-27-12-10-23/h1-8,13H,9-12,14H2,(H,22,25). The van der Waals surface area contributed by atoms with Crippen molar-refractivity contribution in [1.82, 2.24) is 4.90 Å². The summed E-state index contributed by atoms with van der Waals surface area (Å²) in [6.45, 7) is 3.16. The third-order valence-electron chi connectivity index (χ3n) is 4.58. The van der Waals surface area contributed by atoms with Gasteiger partial charge in [0, 0.05) is 42.9 Å². The van der Waals surface area contributed by atoms with Crippen LogP contribution in [0.5, 0.6) is 0 Å². The van der Waals surface area contributed by atoms with E-state index < -0.39 is 5.91 Å². The van der Waals surface area contributed by atoms with Crippen LogP contribution in [-0.2, 0) is 6.54 Å². The summed E-state index contributed by atoms with van der Waals surface area (Å²) in [4.78, 5) is 27.0. The van der Waals surface area contributed by atoms with Crippen molar-refractivity contribution in [3.63, 3.8) is 0 Å². The first-order valence-electron chi connectivity index (χ1n) is 8.92. The molecule has 1 N–H and O–H groups in total. The molecule has 1 aliphatic heterocycles. The van der Waals surface area contributed by atoms with E-state index in [-0.39, 0.29) is 11.2 Å². The SMILES string of the molecule is O=C(Nc1ccc(CN2CCSCC2)cc1)c1cc(=O)c2ccccc2o1. The highest BCUT2D eigenvalue weighted by Crippen LogP contribution is 2.17. The third kappa shape index (κ3) is 4.23. The summed E-state index contributed by atoms with van der Waals surface area (Å²) in [5, 5.41) is 3.26. The van der Waals surface area contributed by atoms with Gasteiger partial charge in [-0.05, 0) is 29.8 Å². The topological polar surface area (TPSA) is 62.6 Å². The Bertz CT molecular complexity index is 1010. The minimum absolute atomic E-state index is 0.00796. The molecule has 0 atom stereocenters. The number of thioether (sulfide) groups is 1. The number of nitrogens with zero attached hydrogens (tertiary/aromatic N) is 1. The molecule has 1 aliphatic rings. The van der Waals surface area contributed by atoms with E-state index in [1.165, 1.54) is 23.1 Å². The lowest BCUT2D eigenvalue weighted by Gasteiger charge is -2.26. The van der Waals surface area contributed by atoms with Crippen LogP contribution in [0.4, 0.5) is 5.69 Å². The van der Waals surface area contributed by atoms with E-state index >= 15 is 0 Å². The number of para-hydroxylation sites is 1. The van der Waals surface area contributed by atoms with E-state index in [9.17, 15) is 9.59 Å². The van der Waals surface area contributed by atoms with Crippen molar-refractivity contribution in [1.29, 1.82) is 0 Å². The summed E-state index contributed by atoms with van der Waals surface area (Å²) in [6, 6.07) is 15.9. The normalized spacial score (nSPS) is 15.0. The average Bonchev–Trinajstić information content (AvgIpc) is 2.70. The lowest BCUT2D eigenvalue weighted by atomic mass is 10.2. The van der Waals surface area contributed by atoms with Crippen molar-refractivity contribution in [3.8, 4) is 0 Å². The fourth-order valence-corrected chi connectivity index (χ4v) is 4.10. The molecule has 2 aromatic carbocycles. The number of anilines is 1. The average molecular weight is 380 g/mol. The Hall–Kier alpha value is -2.57. The van der Waals surface area contributed by atoms with Gasteiger partial charge >= 0.3 is 0 Å². The van der Waals surface area contributed by atoms with Gasteiger partial charge in [0.15, 0.2) is 11.2 Å². The first kappa shape index (κ1) is 17.8. The maximum atomic E-state index is 12.5. The van der Waals surface area contributed by atoms with E-state index in [0.717, 1.165) is 19.6 Å². The van der Waals surface area contributed by atoms with Gasteiger partial charge in [-0.3, -0.25) is 14.5 Å². The van der Waals surface area contributed by atoms with Crippen molar-refractivity contribution in [2.24, 2.45) is 0 Å². The van der Waals surface area contributed by atoms with Gasteiger partial charge in [-0.1, -0.05) is 24.3 Å². The van der Waals surface area contributed by atoms with Gasteiger partial charge in [0.25, 0.3) is 5.91 Å². The number of amides is 1. The minimum Gasteiger partial charge on any atom is -0.451 e. The molecule has 1 aromatic heterocycles. The zero-order chi connectivity index (χ0) is 18.6. The zero-order valence-corrected chi connectivity index (χ0v) is 15.6. The number of hydrogen-bond acceptors (Lipinski definition) is 5. The molecule has 4 rings (SSSR count). The first-order valence-corrected chi connectivity index (χ1v) is 10.1. The first-order chi connectivity index (χ1) is 13.2. The minimum atomic E-state index is -0.432. The Morgan fingerprint density at radius 3 is 2.59 bits per heavy atom. The van der Waals surface area contributed by atoms with Gasteiger partial charge in [0.05, 0.1) is 5.39 Å². The van der Waals surface area contributed by atoms with E-state index in [4.69, 9.17) is 4.42 Å². The molecule has 0 aliphatic carbocycles. The lowest BCUT2D eigenvalue weighted by Crippen LogP contribution is -2.31. The highest BCUT2D eigenvalue weighted by Gasteiger charge is 2.13. The molecule has 3 aromatic rings. The summed E-state index contributed by atoms with van der Waals surface area (Å²) in [5.41, 5.74) is 2.08. The summed E-state index contributed by atoms with van der Waals surface area (Å²) in [7, 11) is 0. The Morgan fingerprint density at radius 2 is 1.81 bits per heavy atom. The molecule has 0 radical (unpaired) electrons. The molecule has 27 heavy (non-hydrogen) atoms. The third-order valence-corrected chi connectivity index (χ3v) is 5.52. The molecule has 1 fully saturated rings. The fourth-order valence-electron chi connectivity index (χ4n) is 3.12. The maximum absolute atomic E-state index is 12.5. The van der Waals surface area contributed by atoms with Crippen LogP contribution in [0.3, 0.4) is 0 Å². The number of fused-ring (bicyclic) bond motifs is 1. The van der Waals surface area contributed by atoms with Gasteiger partial charge in [-0.25, -0.2) is 0 Å². The summed E-state index contributed by atoms with van der Waals surface area (Å²) < 4.78 is 5.58. The Kier molecular flexibility index (Phi) is 5.27. The van der Waals surface area contributed by atoms with Crippen LogP contribution in [-0.4, -0.2) is 35.4 Å².